The Kier molecular flexibility index (Phi) is 64.2. The van der Waals surface area contributed by atoms with Crippen LogP contribution < -0.4 is 0 Å². The van der Waals surface area contributed by atoms with Crippen molar-refractivity contribution >= 4 is 17.9 Å². The molecule has 0 fully saturated rings. The minimum Gasteiger partial charge on any atom is -0.462 e. The zero-order valence-corrected chi connectivity index (χ0v) is 52.2. The molecule has 1 unspecified atom stereocenters. The second kappa shape index (κ2) is 66.6. The van der Waals surface area contributed by atoms with Gasteiger partial charge in [-0.2, -0.15) is 0 Å². The third kappa shape index (κ3) is 63.9. The molecule has 0 N–H and O–H groups in total. The van der Waals surface area contributed by atoms with Crippen LogP contribution in [0.15, 0.2) is 60.8 Å². The number of allylic oxidation sites excluding steroid dienone is 10. The van der Waals surface area contributed by atoms with E-state index < -0.39 is 6.10 Å². The fraction of sp³-hybridized carbons (Fsp3) is 0.819. The van der Waals surface area contributed by atoms with Crippen LogP contribution in [0.3, 0.4) is 0 Å². The average molecular weight is 1090 g/mol. The first-order chi connectivity index (χ1) is 38.5. The molecule has 6 nitrogen and oxygen atoms in total. The Hall–Kier alpha value is -2.89. The van der Waals surface area contributed by atoms with Gasteiger partial charge in [0.1, 0.15) is 13.2 Å². The molecule has 0 amide bonds. The number of carbonyl (C=O) groups excluding carboxylic acids is 3. The van der Waals surface area contributed by atoms with Gasteiger partial charge in [-0.1, -0.05) is 319 Å². The van der Waals surface area contributed by atoms with E-state index in [2.05, 4.69) is 81.5 Å². The van der Waals surface area contributed by atoms with Crippen molar-refractivity contribution in [2.24, 2.45) is 0 Å². The summed E-state index contributed by atoms with van der Waals surface area (Å²) in [6.07, 6.45) is 85.2. The van der Waals surface area contributed by atoms with Crippen molar-refractivity contribution in [2.45, 2.75) is 367 Å². The lowest BCUT2D eigenvalue weighted by Crippen LogP contribution is -2.30. The number of hydrogen-bond acceptors (Lipinski definition) is 6. The molecule has 0 aromatic rings. The minimum atomic E-state index is -0.775. The Labute approximate surface area is 485 Å². The van der Waals surface area contributed by atoms with Gasteiger partial charge in [-0.15, -0.1) is 0 Å². The van der Waals surface area contributed by atoms with Crippen molar-refractivity contribution in [3.8, 4) is 0 Å². The summed E-state index contributed by atoms with van der Waals surface area (Å²) >= 11 is 0. The number of carbonyl (C=O) groups is 3. The summed E-state index contributed by atoms with van der Waals surface area (Å²) < 4.78 is 17.0. The summed E-state index contributed by atoms with van der Waals surface area (Å²) in [5.74, 6) is -0.850. The first-order valence-corrected chi connectivity index (χ1v) is 34.3. The molecular weight excluding hydrogens is 961 g/mol. The van der Waals surface area contributed by atoms with E-state index >= 15 is 0 Å². The molecule has 0 aliphatic carbocycles. The maximum atomic E-state index is 12.9. The van der Waals surface area contributed by atoms with E-state index in [0.717, 1.165) is 83.5 Å². The Morgan fingerprint density at radius 2 is 0.500 bits per heavy atom. The lowest BCUT2D eigenvalue weighted by molar-refractivity contribution is -0.167. The molecular formula is C72H130O6. The normalized spacial score (nSPS) is 12.4. The summed E-state index contributed by atoms with van der Waals surface area (Å²) in [7, 11) is 0. The molecule has 0 aromatic carbocycles. The molecule has 0 saturated heterocycles. The van der Waals surface area contributed by atoms with Gasteiger partial charge in [0, 0.05) is 19.3 Å². The van der Waals surface area contributed by atoms with Crippen molar-refractivity contribution in [3.05, 3.63) is 60.8 Å². The first-order valence-electron chi connectivity index (χ1n) is 34.3. The van der Waals surface area contributed by atoms with E-state index in [-0.39, 0.29) is 31.1 Å². The van der Waals surface area contributed by atoms with E-state index in [9.17, 15) is 14.4 Å². The number of rotatable bonds is 63. The molecule has 0 aliphatic heterocycles. The molecule has 0 spiro atoms. The summed E-state index contributed by atoms with van der Waals surface area (Å²) in [5, 5.41) is 0. The number of esters is 3. The van der Waals surface area contributed by atoms with Crippen LogP contribution in [-0.2, 0) is 28.6 Å². The van der Waals surface area contributed by atoms with Crippen molar-refractivity contribution in [1.82, 2.24) is 0 Å². The smallest absolute Gasteiger partial charge is 0.306 e. The van der Waals surface area contributed by atoms with Crippen LogP contribution in [0.5, 0.6) is 0 Å². The van der Waals surface area contributed by atoms with Crippen LogP contribution in [0.25, 0.3) is 0 Å². The van der Waals surface area contributed by atoms with Crippen LogP contribution in [-0.4, -0.2) is 37.2 Å². The van der Waals surface area contributed by atoms with Crippen molar-refractivity contribution in [1.29, 1.82) is 0 Å². The quantitative estimate of drug-likeness (QED) is 0.0261. The second-order valence-electron chi connectivity index (χ2n) is 23.1. The highest BCUT2D eigenvalue weighted by Gasteiger charge is 2.19. The topological polar surface area (TPSA) is 78.9 Å². The van der Waals surface area contributed by atoms with E-state index in [1.54, 1.807) is 0 Å². The highest BCUT2D eigenvalue weighted by molar-refractivity contribution is 5.71. The van der Waals surface area contributed by atoms with Gasteiger partial charge in [0.05, 0.1) is 0 Å². The van der Waals surface area contributed by atoms with E-state index in [4.69, 9.17) is 14.2 Å². The van der Waals surface area contributed by atoms with E-state index in [0.29, 0.717) is 19.3 Å². The molecule has 1 atom stereocenters. The summed E-state index contributed by atoms with van der Waals surface area (Å²) in [4.78, 5) is 38.4. The molecule has 454 valence electrons. The lowest BCUT2D eigenvalue weighted by atomic mass is 10.0. The molecule has 0 rings (SSSR count). The number of unbranched alkanes of at least 4 members (excludes halogenated alkanes) is 42. The van der Waals surface area contributed by atoms with Gasteiger partial charge < -0.3 is 14.2 Å². The molecule has 0 radical (unpaired) electrons. The monoisotopic (exact) mass is 1090 g/mol. The van der Waals surface area contributed by atoms with Crippen LogP contribution >= 0.6 is 0 Å². The molecule has 0 aliphatic rings. The Morgan fingerprint density at radius 1 is 0.269 bits per heavy atom. The maximum absolute atomic E-state index is 12.9. The van der Waals surface area contributed by atoms with Gasteiger partial charge in [-0.05, 0) is 83.5 Å². The van der Waals surface area contributed by atoms with Crippen LogP contribution in [0.4, 0.5) is 0 Å². The number of hydrogen-bond donors (Lipinski definition) is 0. The molecule has 0 bridgehead atoms. The van der Waals surface area contributed by atoms with Crippen LogP contribution in [0.2, 0.25) is 0 Å². The predicted octanol–water partition coefficient (Wildman–Crippen LogP) is 23.5. The lowest BCUT2D eigenvalue weighted by Gasteiger charge is -2.18. The SMILES string of the molecule is CC/C=C\C/C=C\C/C=C\C/C=C\CCCCCCCCCCCCCCC(=O)OCC(COC(=O)CCCCCCCCCCCCCCCCCC)OC(=O)CCCCCCCCCCC/C=C\CCCCCCCC. The van der Waals surface area contributed by atoms with Crippen molar-refractivity contribution in [2.75, 3.05) is 13.2 Å². The molecule has 78 heavy (non-hydrogen) atoms. The van der Waals surface area contributed by atoms with E-state index in [1.807, 2.05) is 0 Å². The maximum Gasteiger partial charge on any atom is 0.306 e. The highest BCUT2D eigenvalue weighted by atomic mass is 16.6. The molecule has 0 aromatic heterocycles. The highest BCUT2D eigenvalue weighted by Crippen LogP contribution is 2.18. The largest absolute Gasteiger partial charge is 0.462 e. The van der Waals surface area contributed by atoms with Crippen LogP contribution in [0, 0.1) is 0 Å². The Morgan fingerprint density at radius 3 is 0.795 bits per heavy atom. The summed E-state index contributed by atoms with van der Waals surface area (Å²) in [6, 6.07) is 0. The van der Waals surface area contributed by atoms with Crippen LogP contribution in [0.1, 0.15) is 361 Å². The van der Waals surface area contributed by atoms with Gasteiger partial charge >= 0.3 is 17.9 Å². The molecule has 0 heterocycles. The third-order valence-corrected chi connectivity index (χ3v) is 15.3. The van der Waals surface area contributed by atoms with Crippen molar-refractivity contribution < 1.29 is 28.6 Å². The average Bonchev–Trinajstić information content (AvgIpc) is 3.44. The predicted molar refractivity (Wildman–Crippen MR) is 339 cm³/mol. The minimum absolute atomic E-state index is 0.0706. The second-order valence-corrected chi connectivity index (χ2v) is 23.1. The zero-order valence-electron chi connectivity index (χ0n) is 52.2. The standard InChI is InChI=1S/C72H130O6/c1-4-7-10-13-16-19-22-25-28-31-33-34-35-36-37-38-40-41-44-47-50-53-56-59-62-65-71(74)77-68-69(67-76-70(73)64-61-58-55-52-49-46-43-30-27-24-21-18-15-12-9-6-3)78-72(75)66-63-60-57-54-51-48-45-42-39-32-29-26-23-20-17-14-11-8-5-2/h7,10,16,19,25-26,28-29,33-34,69H,4-6,8-9,11-15,17-18,20-24,27,30-32,35-68H2,1-3H3/b10-7-,19-16-,28-25-,29-26-,34-33-. The summed E-state index contributed by atoms with van der Waals surface area (Å²) in [5.41, 5.74) is 0. The molecule has 0 saturated carbocycles. The zero-order chi connectivity index (χ0) is 56.4. The first kappa shape index (κ1) is 75.1. The number of ether oxygens (including phenoxy) is 3. The Bertz CT molecular complexity index is 1390. The van der Waals surface area contributed by atoms with Gasteiger partial charge in [0.25, 0.3) is 0 Å². The fourth-order valence-electron chi connectivity index (χ4n) is 10.1. The molecule has 6 heteroatoms. The fourth-order valence-corrected chi connectivity index (χ4v) is 10.1. The van der Waals surface area contributed by atoms with Crippen molar-refractivity contribution in [3.63, 3.8) is 0 Å². The van der Waals surface area contributed by atoms with Gasteiger partial charge in [0.15, 0.2) is 6.10 Å². The van der Waals surface area contributed by atoms with E-state index in [1.165, 1.54) is 238 Å². The third-order valence-electron chi connectivity index (χ3n) is 15.3. The summed E-state index contributed by atoms with van der Waals surface area (Å²) in [6.45, 7) is 6.58. The Balaban J connectivity index is 4.30. The van der Waals surface area contributed by atoms with Gasteiger partial charge in [-0.25, -0.2) is 0 Å². The van der Waals surface area contributed by atoms with Gasteiger partial charge in [-0.3, -0.25) is 14.4 Å². The van der Waals surface area contributed by atoms with Gasteiger partial charge in [0.2, 0.25) is 0 Å².